The van der Waals surface area contributed by atoms with E-state index < -0.39 is 0 Å². The molecule has 3 unspecified atom stereocenters. The van der Waals surface area contributed by atoms with Crippen molar-refractivity contribution < 1.29 is 4.79 Å². The van der Waals surface area contributed by atoms with Crippen LogP contribution in [0.5, 0.6) is 0 Å². The van der Waals surface area contributed by atoms with Gasteiger partial charge < -0.3 is 0 Å². The number of carbonyl (C=O) groups is 1. The highest BCUT2D eigenvalue weighted by Crippen LogP contribution is 2.50. The Morgan fingerprint density at radius 1 is 1.26 bits per heavy atom. The third-order valence-corrected chi connectivity index (χ3v) is 5.40. The van der Waals surface area contributed by atoms with Crippen molar-refractivity contribution in [2.24, 2.45) is 0 Å². The van der Waals surface area contributed by atoms with E-state index in [4.69, 9.17) is 0 Å². The SMILES string of the molecule is Cc1cc2c(cc1C)C13C=CC(=O)CC1N(CC3)C2. The molecule has 0 saturated carbocycles. The van der Waals surface area contributed by atoms with Gasteiger partial charge in [0.1, 0.15) is 0 Å². The van der Waals surface area contributed by atoms with E-state index >= 15 is 0 Å². The molecule has 0 N–H and O–H groups in total. The van der Waals surface area contributed by atoms with Crippen LogP contribution in [0.3, 0.4) is 0 Å². The number of hydrogen-bond donors (Lipinski definition) is 0. The Morgan fingerprint density at radius 2 is 2.05 bits per heavy atom. The molecule has 0 amide bonds. The molecule has 98 valence electrons. The van der Waals surface area contributed by atoms with Crippen LogP contribution in [0.4, 0.5) is 0 Å². The van der Waals surface area contributed by atoms with Gasteiger partial charge in [-0.3, -0.25) is 9.69 Å². The van der Waals surface area contributed by atoms with Crippen LogP contribution in [0.2, 0.25) is 0 Å². The van der Waals surface area contributed by atoms with E-state index in [-0.39, 0.29) is 5.41 Å². The van der Waals surface area contributed by atoms with Gasteiger partial charge in [-0.1, -0.05) is 18.2 Å². The molecule has 1 aromatic rings. The quantitative estimate of drug-likeness (QED) is 0.708. The van der Waals surface area contributed by atoms with E-state index in [1.54, 1.807) is 0 Å². The standard InChI is InChI=1S/C17H19NO/c1-11-7-13-10-18-6-5-17(15(13)8-12(11)2)4-3-14(19)9-16(17)18/h3-4,7-8,16H,5-6,9-10H2,1-2H3. The van der Waals surface area contributed by atoms with Gasteiger partial charge in [-0.15, -0.1) is 0 Å². The van der Waals surface area contributed by atoms with Gasteiger partial charge in [0.15, 0.2) is 5.78 Å². The number of ketones is 1. The summed E-state index contributed by atoms with van der Waals surface area (Å²) in [5.74, 6) is 0.291. The van der Waals surface area contributed by atoms with E-state index in [0.29, 0.717) is 18.2 Å². The van der Waals surface area contributed by atoms with Gasteiger partial charge in [-0.2, -0.15) is 0 Å². The third kappa shape index (κ3) is 1.38. The molecule has 2 bridgehead atoms. The summed E-state index contributed by atoms with van der Waals surface area (Å²) in [5.41, 5.74) is 5.82. The van der Waals surface area contributed by atoms with E-state index in [0.717, 1.165) is 19.5 Å². The second-order valence-corrected chi connectivity index (χ2v) is 6.37. The molecule has 1 saturated heterocycles. The molecule has 1 aliphatic carbocycles. The molecule has 2 heteroatoms. The average molecular weight is 253 g/mol. The summed E-state index contributed by atoms with van der Waals surface area (Å²) < 4.78 is 0. The van der Waals surface area contributed by atoms with Crippen molar-refractivity contribution in [1.29, 1.82) is 0 Å². The minimum Gasteiger partial charge on any atom is -0.295 e. The van der Waals surface area contributed by atoms with Crippen molar-refractivity contribution in [2.45, 2.75) is 44.7 Å². The third-order valence-electron chi connectivity index (χ3n) is 5.40. The lowest BCUT2D eigenvalue weighted by atomic mass is 9.66. The molecule has 0 spiro atoms. The summed E-state index contributed by atoms with van der Waals surface area (Å²) in [6.45, 7) is 6.52. The largest absolute Gasteiger partial charge is 0.295 e. The highest BCUT2D eigenvalue weighted by molar-refractivity contribution is 5.92. The first-order valence-electron chi connectivity index (χ1n) is 7.17. The normalized spacial score (nSPS) is 35.2. The van der Waals surface area contributed by atoms with Crippen LogP contribution < -0.4 is 0 Å². The molecular formula is C17H19NO. The van der Waals surface area contributed by atoms with Crippen molar-refractivity contribution in [3.63, 3.8) is 0 Å². The van der Waals surface area contributed by atoms with Crippen LogP contribution in [0.1, 0.15) is 35.1 Å². The van der Waals surface area contributed by atoms with Gasteiger partial charge >= 0.3 is 0 Å². The van der Waals surface area contributed by atoms with E-state index in [2.05, 4.69) is 37.0 Å². The van der Waals surface area contributed by atoms with Gasteiger partial charge in [0.05, 0.1) is 0 Å². The second kappa shape index (κ2) is 3.57. The molecule has 2 nitrogen and oxygen atoms in total. The maximum absolute atomic E-state index is 11.8. The molecule has 0 radical (unpaired) electrons. The molecule has 19 heavy (non-hydrogen) atoms. The van der Waals surface area contributed by atoms with Crippen LogP contribution in [0, 0.1) is 13.8 Å². The molecule has 4 rings (SSSR count). The molecule has 1 aromatic carbocycles. The number of hydrogen-bond acceptors (Lipinski definition) is 2. The fourth-order valence-corrected chi connectivity index (χ4v) is 4.23. The van der Waals surface area contributed by atoms with Gasteiger partial charge in [0.2, 0.25) is 0 Å². The minimum atomic E-state index is 0.111. The molecule has 2 heterocycles. The van der Waals surface area contributed by atoms with Gasteiger partial charge in [-0.25, -0.2) is 0 Å². The van der Waals surface area contributed by atoms with Crippen molar-refractivity contribution in [2.75, 3.05) is 6.54 Å². The smallest absolute Gasteiger partial charge is 0.157 e. The Balaban J connectivity index is 1.97. The minimum absolute atomic E-state index is 0.111. The lowest BCUT2D eigenvalue weighted by Crippen LogP contribution is -2.48. The average Bonchev–Trinajstić information content (AvgIpc) is 2.65. The Hall–Kier alpha value is -1.41. The number of aryl methyl sites for hydroxylation is 2. The molecule has 0 aromatic heterocycles. The Bertz CT molecular complexity index is 616. The van der Waals surface area contributed by atoms with Gasteiger partial charge in [0.25, 0.3) is 0 Å². The molecular weight excluding hydrogens is 234 g/mol. The van der Waals surface area contributed by atoms with E-state index in [1.165, 1.54) is 22.3 Å². The molecule has 2 aliphatic heterocycles. The molecule has 1 fully saturated rings. The van der Waals surface area contributed by atoms with E-state index in [1.807, 2.05) is 6.08 Å². The fraction of sp³-hybridized carbons (Fsp3) is 0.471. The summed E-state index contributed by atoms with van der Waals surface area (Å²) in [4.78, 5) is 14.3. The number of benzene rings is 1. The summed E-state index contributed by atoms with van der Waals surface area (Å²) in [5, 5.41) is 0. The zero-order valence-electron chi connectivity index (χ0n) is 11.6. The number of rotatable bonds is 0. The highest BCUT2D eigenvalue weighted by atomic mass is 16.1. The summed E-state index contributed by atoms with van der Waals surface area (Å²) in [6.07, 6.45) is 5.89. The van der Waals surface area contributed by atoms with Crippen LogP contribution in [-0.2, 0) is 16.8 Å². The maximum Gasteiger partial charge on any atom is 0.157 e. The van der Waals surface area contributed by atoms with Crippen LogP contribution >= 0.6 is 0 Å². The number of nitrogens with zero attached hydrogens (tertiary/aromatic N) is 1. The lowest BCUT2D eigenvalue weighted by molar-refractivity contribution is -0.116. The Morgan fingerprint density at radius 3 is 2.89 bits per heavy atom. The topological polar surface area (TPSA) is 20.3 Å². The zero-order chi connectivity index (χ0) is 13.2. The monoisotopic (exact) mass is 253 g/mol. The van der Waals surface area contributed by atoms with Gasteiger partial charge in [-0.05, 0) is 48.6 Å². The predicted octanol–water partition coefficient (Wildman–Crippen LogP) is 2.66. The van der Waals surface area contributed by atoms with Crippen molar-refractivity contribution >= 4 is 5.78 Å². The van der Waals surface area contributed by atoms with Gasteiger partial charge in [0, 0.05) is 31.0 Å². The van der Waals surface area contributed by atoms with Crippen LogP contribution in [0.15, 0.2) is 24.3 Å². The summed E-state index contributed by atoms with van der Waals surface area (Å²) in [6, 6.07) is 5.13. The number of fused-ring (bicyclic) bond motifs is 1. The zero-order valence-corrected chi connectivity index (χ0v) is 11.6. The lowest BCUT2D eigenvalue weighted by Gasteiger charge is -2.44. The van der Waals surface area contributed by atoms with Crippen LogP contribution in [-0.4, -0.2) is 23.3 Å². The first-order chi connectivity index (χ1) is 9.10. The Kier molecular flexibility index (Phi) is 2.15. The maximum atomic E-state index is 11.8. The summed E-state index contributed by atoms with van der Waals surface area (Å²) in [7, 11) is 0. The summed E-state index contributed by atoms with van der Waals surface area (Å²) >= 11 is 0. The number of allylic oxidation sites excluding steroid dienone is 1. The van der Waals surface area contributed by atoms with Crippen molar-refractivity contribution in [1.82, 2.24) is 4.90 Å². The fourth-order valence-electron chi connectivity index (χ4n) is 4.23. The first kappa shape index (κ1) is 11.4. The molecule has 3 aliphatic rings. The van der Waals surface area contributed by atoms with Crippen LogP contribution in [0.25, 0.3) is 0 Å². The van der Waals surface area contributed by atoms with Crippen molar-refractivity contribution in [3.05, 3.63) is 46.5 Å². The van der Waals surface area contributed by atoms with Crippen molar-refractivity contribution in [3.8, 4) is 0 Å². The molecule has 3 atom stereocenters. The predicted molar refractivity (Wildman–Crippen MR) is 75.2 cm³/mol. The Labute approximate surface area is 114 Å². The first-order valence-corrected chi connectivity index (χ1v) is 7.17. The highest BCUT2D eigenvalue weighted by Gasteiger charge is 2.52. The second-order valence-electron chi connectivity index (χ2n) is 6.37. The number of carbonyl (C=O) groups excluding carboxylic acids is 1. The van der Waals surface area contributed by atoms with E-state index in [9.17, 15) is 4.79 Å².